The highest BCUT2D eigenvalue weighted by Gasteiger charge is 2.23. The fourth-order valence-corrected chi connectivity index (χ4v) is 3.38. The number of hydrogen-bond acceptors (Lipinski definition) is 3. The second-order valence-corrected chi connectivity index (χ2v) is 7.20. The Morgan fingerprint density at radius 1 is 0.963 bits per heavy atom. The van der Waals surface area contributed by atoms with Crippen molar-refractivity contribution in [3.63, 3.8) is 0 Å². The number of likely N-dealkylation sites (tertiary alicyclic amines) is 1. The van der Waals surface area contributed by atoms with Crippen molar-refractivity contribution in [2.45, 2.75) is 33.6 Å². The smallest absolute Gasteiger partial charge is 0.256 e. The van der Waals surface area contributed by atoms with Crippen molar-refractivity contribution in [3.05, 3.63) is 58.7 Å². The maximum atomic E-state index is 12.9. The van der Waals surface area contributed by atoms with E-state index in [1.807, 2.05) is 62.1 Å². The molecule has 0 unspecified atom stereocenters. The molecule has 2 N–H and O–H groups in total. The van der Waals surface area contributed by atoms with Crippen LogP contribution in [0.25, 0.3) is 0 Å². The lowest BCUT2D eigenvalue weighted by molar-refractivity contribution is -0.114. The van der Waals surface area contributed by atoms with Gasteiger partial charge in [0, 0.05) is 24.5 Å². The van der Waals surface area contributed by atoms with Crippen LogP contribution >= 0.6 is 0 Å². The van der Waals surface area contributed by atoms with Crippen LogP contribution in [-0.4, -0.2) is 36.3 Å². The predicted molar refractivity (Wildman–Crippen MR) is 109 cm³/mol. The Bertz CT molecular complexity index is 855. The van der Waals surface area contributed by atoms with Gasteiger partial charge in [0.15, 0.2) is 0 Å². The van der Waals surface area contributed by atoms with Crippen molar-refractivity contribution >= 4 is 23.2 Å². The number of hydrogen-bond donors (Lipinski definition) is 2. The van der Waals surface area contributed by atoms with Gasteiger partial charge in [0.1, 0.15) is 0 Å². The topological polar surface area (TPSA) is 61.4 Å². The highest BCUT2D eigenvalue weighted by atomic mass is 16.2. The number of carbonyl (C=O) groups is 2. The third-order valence-electron chi connectivity index (χ3n) is 5.11. The van der Waals surface area contributed by atoms with E-state index >= 15 is 0 Å². The number of aryl methyl sites for hydroxylation is 3. The van der Waals surface area contributed by atoms with Crippen LogP contribution in [0.5, 0.6) is 0 Å². The predicted octanol–water partition coefficient (Wildman–Crippen LogP) is 3.90. The van der Waals surface area contributed by atoms with E-state index in [9.17, 15) is 9.59 Å². The second-order valence-electron chi connectivity index (χ2n) is 7.20. The van der Waals surface area contributed by atoms with Gasteiger partial charge in [-0.3, -0.25) is 9.59 Å². The van der Waals surface area contributed by atoms with Gasteiger partial charge in [-0.2, -0.15) is 0 Å². The van der Waals surface area contributed by atoms with E-state index in [2.05, 4.69) is 10.6 Å². The van der Waals surface area contributed by atoms with Crippen LogP contribution in [0.3, 0.4) is 0 Å². The molecule has 1 aliphatic heterocycles. The number of nitrogens with one attached hydrogen (secondary N) is 2. The molecular formula is C22H27N3O2. The first-order chi connectivity index (χ1) is 13.0. The average Bonchev–Trinajstić information content (AvgIpc) is 3.17. The lowest BCUT2D eigenvalue weighted by Gasteiger charge is -2.20. The van der Waals surface area contributed by atoms with Gasteiger partial charge in [-0.05, 0) is 68.5 Å². The summed E-state index contributed by atoms with van der Waals surface area (Å²) in [7, 11) is 0. The Morgan fingerprint density at radius 2 is 1.70 bits per heavy atom. The van der Waals surface area contributed by atoms with Crippen molar-refractivity contribution in [2.75, 3.05) is 30.3 Å². The first kappa shape index (κ1) is 19.0. The first-order valence-corrected chi connectivity index (χ1v) is 9.45. The fourth-order valence-electron chi connectivity index (χ4n) is 3.38. The molecule has 0 spiro atoms. The van der Waals surface area contributed by atoms with Crippen molar-refractivity contribution in [3.8, 4) is 0 Å². The molecule has 142 valence electrons. The highest BCUT2D eigenvalue weighted by molar-refractivity contribution is 6.02. The number of rotatable bonds is 5. The van der Waals surface area contributed by atoms with Crippen LogP contribution in [0.4, 0.5) is 11.4 Å². The molecule has 0 bridgehead atoms. The number of amides is 2. The zero-order chi connectivity index (χ0) is 19.4. The third-order valence-corrected chi connectivity index (χ3v) is 5.11. The first-order valence-electron chi connectivity index (χ1n) is 9.45. The maximum Gasteiger partial charge on any atom is 0.256 e. The molecule has 5 heteroatoms. The summed E-state index contributed by atoms with van der Waals surface area (Å²) in [5.41, 5.74) is 5.41. The Morgan fingerprint density at radius 3 is 2.41 bits per heavy atom. The van der Waals surface area contributed by atoms with E-state index in [4.69, 9.17) is 0 Å². The minimum absolute atomic E-state index is 0.0441. The SMILES string of the molecule is Cc1ccc(NC(=O)CNc2cccc(C)c2C(=O)N2CCCC2)cc1C. The van der Waals surface area contributed by atoms with E-state index in [0.29, 0.717) is 11.3 Å². The summed E-state index contributed by atoms with van der Waals surface area (Å²) < 4.78 is 0. The monoisotopic (exact) mass is 365 g/mol. The number of carbonyl (C=O) groups excluding carboxylic acids is 2. The Labute approximate surface area is 160 Å². The Kier molecular flexibility index (Phi) is 5.79. The van der Waals surface area contributed by atoms with Gasteiger partial charge in [0.05, 0.1) is 12.1 Å². The van der Waals surface area contributed by atoms with Crippen molar-refractivity contribution < 1.29 is 9.59 Å². The zero-order valence-electron chi connectivity index (χ0n) is 16.3. The van der Waals surface area contributed by atoms with Crippen molar-refractivity contribution in [2.24, 2.45) is 0 Å². The van der Waals surface area contributed by atoms with Crippen LogP contribution in [-0.2, 0) is 4.79 Å². The molecule has 2 amide bonds. The molecule has 2 aromatic rings. The molecule has 0 radical (unpaired) electrons. The van der Waals surface area contributed by atoms with Crippen LogP contribution in [0.1, 0.15) is 39.9 Å². The molecule has 0 aromatic heterocycles. The molecular weight excluding hydrogens is 338 g/mol. The standard InChI is InChI=1S/C22H27N3O2/c1-15-9-10-18(13-17(15)3)24-20(26)14-23-19-8-6-7-16(2)21(19)22(27)25-11-4-5-12-25/h6-10,13,23H,4-5,11-12,14H2,1-3H3,(H,24,26). The number of benzene rings is 2. The highest BCUT2D eigenvalue weighted by Crippen LogP contribution is 2.23. The van der Waals surface area contributed by atoms with Gasteiger partial charge in [0.25, 0.3) is 5.91 Å². The molecule has 27 heavy (non-hydrogen) atoms. The summed E-state index contributed by atoms with van der Waals surface area (Å²) in [6.07, 6.45) is 2.11. The van der Waals surface area contributed by atoms with E-state index in [1.54, 1.807) is 0 Å². The molecule has 1 aliphatic rings. The van der Waals surface area contributed by atoms with Crippen molar-refractivity contribution in [1.82, 2.24) is 4.90 Å². The lowest BCUT2D eigenvalue weighted by Crippen LogP contribution is -2.30. The molecule has 3 rings (SSSR count). The van der Waals surface area contributed by atoms with Crippen LogP contribution < -0.4 is 10.6 Å². The Hall–Kier alpha value is -2.82. The van der Waals surface area contributed by atoms with Crippen LogP contribution in [0.15, 0.2) is 36.4 Å². The van der Waals surface area contributed by atoms with E-state index in [1.165, 1.54) is 5.56 Å². The molecule has 5 nitrogen and oxygen atoms in total. The largest absolute Gasteiger partial charge is 0.375 e. The Balaban J connectivity index is 1.68. The molecule has 1 saturated heterocycles. The van der Waals surface area contributed by atoms with Gasteiger partial charge < -0.3 is 15.5 Å². The molecule has 0 atom stereocenters. The zero-order valence-corrected chi connectivity index (χ0v) is 16.3. The summed E-state index contributed by atoms with van der Waals surface area (Å²) in [5.74, 6) is -0.0954. The molecule has 2 aromatic carbocycles. The third kappa shape index (κ3) is 4.48. The summed E-state index contributed by atoms with van der Waals surface area (Å²) >= 11 is 0. The maximum absolute atomic E-state index is 12.9. The van der Waals surface area contributed by atoms with Gasteiger partial charge >= 0.3 is 0 Å². The van der Waals surface area contributed by atoms with Gasteiger partial charge in [-0.1, -0.05) is 18.2 Å². The number of anilines is 2. The molecule has 1 heterocycles. The van der Waals surface area contributed by atoms with Crippen molar-refractivity contribution in [1.29, 1.82) is 0 Å². The van der Waals surface area contributed by atoms with Gasteiger partial charge in [0.2, 0.25) is 5.91 Å². The second kappa shape index (κ2) is 8.25. The average molecular weight is 365 g/mol. The minimum atomic E-state index is -0.140. The van der Waals surface area contributed by atoms with Gasteiger partial charge in [-0.15, -0.1) is 0 Å². The summed E-state index contributed by atoms with van der Waals surface area (Å²) in [6.45, 7) is 7.71. The fraction of sp³-hybridized carbons (Fsp3) is 0.364. The quantitative estimate of drug-likeness (QED) is 0.845. The van der Waals surface area contributed by atoms with Crippen LogP contribution in [0.2, 0.25) is 0 Å². The minimum Gasteiger partial charge on any atom is -0.375 e. The normalized spacial score (nSPS) is 13.5. The molecule has 1 fully saturated rings. The number of nitrogens with zero attached hydrogens (tertiary/aromatic N) is 1. The molecule has 0 aliphatic carbocycles. The summed E-state index contributed by atoms with van der Waals surface area (Å²) in [6, 6.07) is 11.5. The summed E-state index contributed by atoms with van der Waals surface area (Å²) in [4.78, 5) is 27.1. The van der Waals surface area contributed by atoms with E-state index < -0.39 is 0 Å². The van der Waals surface area contributed by atoms with Crippen LogP contribution in [0, 0.1) is 20.8 Å². The summed E-state index contributed by atoms with van der Waals surface area (Å²) in [5, 5.41) is 6.05. The lowest BCUT2D eigenvalue weighted by atomic mass is 10.0. The van der Waals surface area contributed by atoms with E-state index in [-0.39, 0.29) is 18.4 Å². The van der Waals surface area contributed by atoms with Gasteiger partial charge in [-0.25, -0.2) is 0 Å². The molecule has 0 saturated carbocycles. The van der Waals surface area contributed by atoms with E-state index in [0.717, 1.165) is 42.7 Å².